The highest BCUT2D eigenvalue weighted by Gasteiger charge is 2.58. The van der Waals surface area contributed by atoms with Crippen molar-refractivity contribution < 1.29 is 24.1 Å². The normalized spacial score (nSPS) is 24.1. The van der Waals surface area contributed by atoms with Crippen LogP contribution < -0.4 is 9.64 Å². The Morgan fingerprint density at radius 3 is 2.26 bits per heavy atom. The average Bonchev–Trinajstić information content (AvgIpc) is 3.04. The van der Waals surface area contributed by atoms with Crippen molar-refractivity contribution in [3.05, 3.63) is 95.1 Å². The molecule has 2 aliphatic heterocycles. The number of benzene rings is 3. The lowest BCUT2D eigenvalue weighted by Gasteiger charge is -2.54. The van der Waals surface area contributed by atoms with Gasteiger partial charge in [0, 0.05) is 38.9 Å². The molecule has 3 aliphatic rings. The third kappa shape index (κ3) is 5.35. The van der Waals surface area contributed by atoms with Crippen LogP contribution in [0.3, 0.4) is 0 Å². The van der Waals surface area contributed by atoms with E-state index in [1.165, 1.54) is 12.1 Å². The standard InChI is InChI=1S/C36H45NO5/c1-26-32-24-31(41-25-27-10-6-4-7-11-27)16-17-33(32)36(38,35(42-26)20-8-5-9-21-35)29-12-14-30(15-13-29)37-22-18-28(19-23-37)34(39-2)40-3/h4,6-7,10-17,24,26,28,34,38H,5,8-9,18-23,25H2,1-3H3. The molecular weight excluding hydrogens is 526 g/mol. The van der Waals surface area contributed by atoms with Crippen molar-refractivity contribution in [3.63, 3.8) is 0 Å². The maximum absolute atomic E-state index is 12.9. The fraction of sp³-hybridized carbons (Fsp3) is 0.500. The van der Waals surface area contributed by atoms with Gasteiger partial charge in [0.2, 0.25) is 0 Å². The molecular formula is C36H45NO5. The van der Waals surface area contributed by atoms with Gasteiger partial charge in [-0.1, -0.05) is 67.8 Å². The molecule has 0 radical (unpaired) electrons. The van der Waals surface area contributed by atoms with Crippen LogP contribution in [0.5, 0.6) is 5.75 Å². The molecule has 3 aromatic rings. The highest BCUT2D eigenvalue weighted by Crippen LogP contribution is 2.56. The summed E-state index contributed by atoms with van der Waals surface area (Å²) in [5.74, 6) is 1.19. The molecule has 224 valence electrons. The number of nitrogens with zero attached hydrogens (tertiary/aromatic N) is 1. The number of anilines is 1. The van der Waals surface area contributed by atoms with E-state index in [9.17, 15) is 5.11 Å². The van der Waals surface area contributed by atoms with Crippen molar-refractivity contribution in [2.75, 3.05) is 32.2 Å². The first-order valence-electron chi connectivity index (χ1n) is 15.6. The van der Waals surface area contributed by atoms with Crippen LogP contribution >= 0.6 is 0 Å². The van der Waals surface area contributed by atoms with E-state index in [0.29, 0.717) is 12.5 Å². The first-order valence-corrected chi connectivity index (χ1v) is 15.6. The van der Waals surface area contributed by atoms with Gasteiger partial charge in [0.25, 0.3) is 0 Å². The van der Waals surface area contributed by atoms with Crippen LogP contribution in [0.1, 0.15) is 80.2 Å². The van der Waals surface area contributed by atoms with Crippen LogP contribution in [0.4, 0.5) is 5.69 Å². The summed E-state index contributed by atoms with van der Waals surface area (Å²) in [4.78, 5) is 2.42. The predicted octanol–water partition coefficient (Wildman–Crippen LogP) is 7.13. The van der Waals surface area contributed by atoms with E-state index in [1.807, 2.05) is 24.3 Å². The predicted molar refractivity (Wildman–Crippen MR) is 165 cm³/mol. The molecule has 1 saturated heterocycles. The fourth-order valence-corrected chi connectivity index (χ4v) is 7.62. The Kier molecular flexibility index (Phi) is 8.60. The maximum Gasteiger partial charge on any atom is 0.159 e. The summed E-state index contributed by atoms with van der Waals surface area (Å²) < 4.78 is 24.1. The van der Waals surface area contributed by atoms with Gasteiger partial charge in [-0.15, -0.1) is 0 Å². The topological polar surface area (TPSA) is 60.4 Å². The van der Waals surface area contributed by atoms with Crippen molar-refractivity contribution in [1.29, 1.82) is 0 Å². The van der Waals surface area contributed by atoms with Crippen molar-refractivity contribution in [1.82, 2.24) is 0 Å². The largest absolute Gasteiger partial charge is 0.489 e. The number of fused-ring (bicyclic) bond motifs is 1. The quantitative estimate of drug-likeness (QED) is 0.290. The average molecular weight is 572 g/mol. The lowest BCUT2D eigenvalue weighted by atomic mass is 9.63. The van der Waals surface area contributed by atoms with Gasteiger partial charge >= 0.3 is 0 Å². The molecule has 2 unspecified atom stereocenters. The van der Waals surface area contributed by atoms with Gasteiger partial charge in [0.15, 0.2) is 6.29 Å². The van der Waals surface area contributed by atoms with E-state index in [0.717, 1.165) is 79.6 Å². The summed E-state index contributed by atoms with van der Waals surface area (Å²) in [6.07, 6.45) is 6.74. The number of hydrogen-bond donors (Lipinski definition) is 1. The number of aliphatic hydroxyl groups is 1. The molecule has 1 saturated carbocycles. The van der Waals surface area contributed by atoms with Crippen LogP contribution in [0, 0.1) is 5.92 Å². The molecule has 1 spiro atoms. The SMILES string of the molecule is COC(OC)C1CCN(c2ccc(C3(O)c4ccc(OCc5ccccc5)cc4C(C)OC34CCCCC4)cc2)CC1. The third-order valence-corrected chi connectivity index (χ3v) is 9.86. The van der Waals surface area contributed by atoms with Gasteiger partial charge in [-0.2, -0.15) is 0 Å². The summed E-state index contributed by atoms with van der Waals surface area (Å²) >= 11 is 0. The molecule has 6 rings (SSSR count). The van der Waals surface area contributed by atoms with Crippen molar-refractivity contribution >= 4 is 5.69 Å². The van der Waals surface area contributed by atoms with Gasteiger partial charge in [0.05, 0.1) is 6.10 Å². The van der Waals surface area contributed by atoms with Gasteiger partial charge in [-0.3, -0.25) is 0 Å². The van der Waals surface area contributed by atoms with Crippen LogP contribution in [-0.2, 0) is 26.4 Å². The first kappa shape index (κ1) is 29.2. The molecule has 0 aromatic heterocycles. The molecule has 2 heterocycles. The van der Waals surface area contributed by atoms with Crippen LogP contribution in [-0.4, -0.2) is 44.3 Å². The Bertz CT molecular complexity index is 1310. The maximum atomic E-state index is 12.9. The highest BCUT2D eigenvalue weighted by atomic mass is 16.7. The second-order valence-corrected chi connectivity index (χ2v) is 12.3. The summed E-state index contributed by atoms with van der Waals surface area (Å²) in [6.45, 7) is 4.52. The number of piperidine rings is 1. The molecule has 3 aromatic carbocycles. The molecule has 6 nitrogen and oxygen atoms in total. The van der Waals surface area contributed by atoms with Crippen molar-refractivity contribution in [3.8, 4) is 5.75 Å². The zero-order chi connectivity index (χ0) is 29.2. The molecule has 0 bridgehead atoms. The molecule has 6 heteroatoms. The lowest BCUT2D eigenvalue weighted by Crippen LogP contribution is -2.58. The lowest BCUT2D eigenvalue weighted by molar-refractivity contribution is -0.223. The van der Waals surface area contributed by atoms with E-state index < -0.39 is 11.2 Å². The van der Waals surface area contributed by atoms with Gasteiger partial charge < -0.3 is 29.0 Å². The highest BCUT2D eigenvalue weighted by molar-refractivity contribution is 5.54. The van der Waals surface area contributed by atoms with Gasteiger partial charge in [-0.25, -0.2) is 0 Å². The zero-order valence-corrected chi connectivity index (χ0v) is 25.3. The monoisotopic (exact) mass is 571 g/mol. The number of rotatable bonds is 8. The van der Waals surface area contributed by atoms with Gasteiger partial charge in [0.1, 0.15) is 23.6 Å². The first-order chi connectivity index (χ1) is 20.5. The van der Waals surface area contributed by atoms with E-state index >= 15 is 0 Å². The minimum Gasteiger partial charge on any atom is -0.489 e. The summed E-state index contributed by atoms with van der Waals surface area (Å²) in [6, 6.07) is 24.9. The molecule has 1 aliphatic carbocycles. The number of hydrogen-bond acceptors (Lipinski definition) is 6. The van der Waals surface area contributed by atoms with E-state index in [4.69, 9.17) is 18.9 Å². The van der Waals surface area contributed by atoms with E-state index in [-0.39, 0.29) is 12.4 Å². The fourth-order valence-electron chi connectivity index (χ4n) is 7.62. The Morgan fingerprint density at radius 1 is 0.905 bits per heavy atom. The minimum atomic E-state index is -1.25. The van der Waals surface area contributed by atoms with Crippen LogP contribution in [0.15, 0.2) is 72.8 Å². The summed E-state index contributed by atoms with van der Waals surface area (Å²) in [5.41, 5.74) is 3.24. The second kappa shape index (κ2) is 12.4. The molecule has 2 atom stereocenters. The summed E-state index contributed by atoms with van der Waals surface area (Å²) in [7, 11) is 3.44. The van der Waals surface area contributed by atoms with Crippen LogP contribution in [0.25, 0.3) is 0 Å². The Balaban J connectivity index is 1.29. The second-order valence-electron chi connectivity index (χ2n) is 12.3. The zero-order valence-electron chi connectivity index (χ0n) is 25.3. The Hall–Kier alpha value is -2.90. The molecule has 42 heavy (non-hydrogen) atoms. The van der Waals surface area contributed by atoms with Gasteiger partial charge in [-0.05, 0) is 79.1 Å². The smallest absolute Gasteiger partial charge is 0.159 e. The van der Waals surface area contributed by atoms with E-state index in [2.05, 4.69) is 60.4 Å². The summed E-state index contributed by atoms with van der Waals surface area (Å²) in [5, 5.41) is 12.9. The molecule has 1 N–H and O–H groups in total. The van der Waals surface area contributed by atoms with Crippen molar-refractivity contribution in [2.45, 2.75) is 82.1 Å². The Labute approximate surface area is 250 Å². The van der Waals surface area contributed by atoms with Crippen molar-refractivity contribution in [2.24, 2.45) is 5.92 Å². The van der Waals surface area contributed by atoms with E-state index in [1.54, 1.807) is 14.2 Å². The Morgan fingerprint density at radius 2 is 1.60 bits per heavy atom. The molecule has 0 amide bonds. The number of ether oxygens (including phenoxy) is 4. The minimum absolute atomic E-state index is 0.137. The third-order valence-electron chi connectivity index (χ3n) is 9.86. The number of methoxy groups -OCH3 is 2. The molecule has 2 fully saturated rings. The van der Waals surface area contributed by atoms with Crippen LogP contribution in [0.2, 0.25) is 0 Å².